The van der Waals surface area contributed by atoms with E-state index in [9.17, 15) is 4.79 Å². The smallest absolute Gasteiger partial charge is 0.234 e. The molecule has 1 aromatic rings. The summed E-state index contributed by atoms with van der Waals surface area (Å²) in [7, 11) is 0. The molecule has 0 spiro atoms. The fraction of sp³-hybridized carbons (Fsp3) is 0.643. The highest BCUT2D eigenvalue weighted by Gasteiger charge is 2.20. The molecule has 0 atom stereocenters. The number of carbonyl (C=O) groups excluding carboxylic acids is 1. The van der Waals surface area contributed by atoms with Gasteiger partial charge in [0, 0.05) is 11.4 Å². The summed E-state index contributed by atoms with van der Waals surface area (Å²) in [5, 5.41) is 4.97. The molecule has 0 aromatic carbocycles. The second kappa shape index (κ2) is 7.62. The maximum Gasteiger partial charge on any atom is 0.234 e. The number of amides is 1. The Morgan fingerprint density at radius 1 is 1.53 bits per heavy atom. The van der Waals surface area contributed by atoms with Gasteiger partial charge in [-0.05, 0) is 30.0 Å². The minimum atomic E-state index is 0.0457. The van der Waals surface area contributed by atoms with Gasteiger partial charge in [-0.15, -0.1) is 11.3 Å². The van der Waals surface area contributed by atoms with Gasteiger partial charge < -0.3 is 11.1 Å². The molecule has 0 aliphatic heterocycles. The van der Waals surface area contributed by atoms with Crippen LogP contribution in [0.25, 0.3) is 0 Å². The largest absolute Gasteiger partial charge is 0.350 e. The first-order valence-electron chi connectivity index (χ1n) is 6.68. The predicted molar refractivity (Wildman–Crippen MR) is 81.1 cm³/mol. The van der Waals surface area contributed by atoms with E-state index in [-0.39, 0.29) is 11.3 Å². The minimum absolute atomic E-state index is 0.0457. The van der Waals surface area contributed by atoms with Gasteiger partial charge in [-0.3, -0.25) is 9.69 Å². The van der Waals surface area contributed by atoms with Crippen LogP contribution in [-0.4, -0.2) is 37.0 Å². The van der Waals surface area contributed by atoms with Crippen molar-refractivity contribution in [1.29, 1.82) is 0 Å². The highest BCUT2D eigenvalue weighted by atomic mass is 32.1. The molecule has 0 aliphatic carbocycles. The van der Waals surface area contributed by atoms with Crippen molar-refractivity contribution < 1.29 is 4.79 Å². The third-order valence-electron chi connectivity index (χ3n) is 3.06. The van der Waals surface area contributed by atoms with Crippen LogP contribution in [0.3, 0.4) is 0 Å². The highest BCUT2D eigenvalue weighted by molar-refractivity contribution is 7.09. The fourth-order valence-corrected chi connectivity index (χ4v) is 2.45. The summed E-state index contributed by atoms with van der Waals surface area (Å²) in [6, 6.07) is 4.02. The maximum atomic E-state index is 11.9. The van der Waals surface area contributed by atoms with Crippen LogP contribution >= 0.6 is 11.3 Å². The van der Waals surface area contributed by atoms with Gasteiger partial charge in [0.05, 0.1) is 13.1 Å². The highest BCUT2D eigenvalue weighted by Crippen LogP contribution is 2.14. The van der Waals surface area contributed by atoms with Crippen LogP contribution in [0.4, 0.5) is 0 Å². The van der Waals surface area contributed by atoms with E-state index >= 15 is 0 Å². The molecule has 1 rings (SSSR count). The lowest BCUT2D eigenvalue weighted by molar-refractivity contribution is -0.122. The summed E-state index contributed by atoms with van der Waals surface area (Å²) in [5.74, 6) is 0.0723. The minimum Gasteiger partial charge on any atom is -0.350 e. The molecule has 0 saturated carbocycles. The van der Waals surface area contributed by atoms with Crippen molar-refractivity contribution in [1.82, 2.24) is 10.2 Å². The maximum absolute atomic E-state index is 11.9. The standard InChI is InChI=1S/C14H25N3OS/c1-4-17(11-14(2,3)10-15)9-13(18)16-8-12-6-5-7-19-12/h5-7H,4,8-11,15H2,1-3H3,(H,16,18). The molecule has 1 aromatic heterocycles. The second-order valence-corrected chi connectivity index (χ2v) is 6.56. The Balaban J connectivity index is 2.36. The number of nitrogens with one attached hydrogen (secondary N) is 1. The molecule has 19 heavy (non-hydrogen) atoms. The molecule has 3 N–H and O–H groups in total. The second-order valence-electron chi connectivity index (χ2n) is 5.53. The lowest BCUT2D eigenvalue weighted by Crippen LogP contribution is -2.43. The number of nitrogens with two attached hydrogens (primary N) is 1. The molecule has 0 saturated heterocycles. The number of likely N-dealkylation sites (N-methyl/N-ethyl adjacent to an activating group) is 1. The van der Waals surface area contributed by atoms with Crippen molar-refractivity contribution in [2.75, 3.05) is 26.2 Å². The summed E-state index contributed by atoms with van der Waals surface area (Å²) >= 11 is 1.66. The van der Waals surface area contributed by atoms with Crippen LogP contribution < -0.4 is 11.1 Å². The van der Waals surface area contributed by atoms with E-state index in [1.807, 2.05) is 17.5 Å². The normalized spacial score (nSPS) is 11.8. The number of rotatable bonds is 8. The Hall–Kier alpha value is -0.910. The molecule has 0 unspecified atom stereocenters. The number of hydrogen-bond acceptors (Lipinski definition) is 4. The fourth-order valence-electron chi connectivity index (χ4n) is 1.81. The van der Waals surface area contributed by atoms with Crippen LogP contribution in [0.2, 0.25) is 0 Å². The zero-order valence-corrected chi connectivity index (χ0v) is 12.9. The Kier molecular flexibility index (Phi) is 6.48. The van der Waals surface area contributed by atoms with Gasteiger partial charge in [-0.1, -0.05) is 26.8 Å². The van der Waals surface area contributed by atoms with Gasteiger partial charge in [0.2, 0.25) is 5.91 Å². The average molecular weight is 283 g/mol. The zero-order chi connectivity index (χ0) is 14.3. The van der Waals surface area contributed by atoms with Gasteiger partial charge in [0.15, 0.2) is 0 Å². The van der Waals surface area contributed by atoms with Gasteiger partial charge in [0.25, 0.3) is 0 Å². The summed E-state index contributed by atoms with van der Waals surface area (Å²) in [4.78, 5) is 15.2. The lowest BCUT2D eigenvalue weighted by Gasteiger charge is -2.30. The first kappa shape index (κ1) is 16.1. The van der Waals surface area contributed by atoms with Crippen molar-refractivity contribution in [2.45, 2.75) is 27.3 Å². The molecule has 5 heteroatoms. The summed E-state index contributed by atoms with van der Waals surface area (Å²) in [5.41, 5.74) is 5.78. The van der Waals surface area contributed by atoms with Crippen LogP contribution in [0, 0.1) is 5.41 Å². The monoisotopic (exact) mass is 283 g/mol. The average Bonchev–Trinajstić information content (AvgIpc) is 2.88. The number of nitrogens with zero attached hydrogens (tertiary/aromatic N) is 1. The quantitative estimate of drug-likeness (QED) is 0.763. The molecule has 4 nitrogen and oxygen atoms in total. The Morgan fingerprint density at radius 3 is 2.79 bits per heavy atom. The van der Waals surface area contributed by atoms with Crippen LogP contribution in [-0.2, 0) is 11.3 Å². The van der Waals surface area contributed by atoms with Gasteiger partial charge in [-0.2, -0.15) is 0 Å². The van der Waals surface area contributed by atoms with E-state index in [0.29, 0.717) is 19.6 Å². The van der Waals surface area contributed by atoms with E-state index in [2.05, 4.69) is 31.0 Å². The first-order chi connectivity index (χ1) is 8.96. The molecule has 0 aliphatic rings. The lowest BCUT2D eigenvalue weighted by atomic mass is 9.93. The van der Waals surface area contributed by atoms with Crippen molar-refractivity contribution in [3.05, 3.63) is 22.4 Å². The summed E-state index contributed by atoms with van der Waals surface area (Å²) < 4.78 is 0. The first-order valence-corrected chi connectivity index (χ1v) is 7.56. The number of hydrogen-bond donors (Lipinski definition) is 2. The van der Waals surface area contributed by atoms with Crippen LogP contribution in [0.1, 0.15) is 25.6 Å². The summed E-state index contributed by atoms with van der Waals surface area (Å²) in [6.07, 6.45) is 0. The topological polar surface area (TPSA) is 58.4 Å². The van der Waals surface area contributed by atoms with Gasteiger partial charge in [0.1, 0.15) is 0 Å². The van der Waals surface area contributed by atoms with Crippen molar-refractivity contribution >= 4 is 17.2 Å². The predicted octanol–water partition coefficient (Wildman–Crippen LogP) is 1.67. The third-order valence-corrected chi connectivity index (χ3v) is 3.93. The van der Waals surface area contributed by atoms with E-state index in [0.717, 1.165) is 13.1 Å². The molecule has 108 valence electrons. The molecular formula is C14H25N3OS. The van der Waals surface area contributed by atoms with E-state index in [4.69, 9.17) is 5.73 Å². The van der Waals surface area contributed by atoms with E-state index < -0.39 is 0 Å². The molecular weight excluding hydrogens is 258 g/mol. The Bertz CT molecular complexity index is 376. The summed E-state index contributed by atoms with van der Waals surface area (Å²) in [6.45, 7) is 9.69. The SMILES string of the molecule is CCN(CC(=O)NCc1cccs1)CC(C)(C)CN. The van der Waals surface area contributed by atoms with Crippen LogP contribution in [0.5, 0.6) is 0 Å². The van der Waals surface area contributed by atoms with Gasteiger partial charge >= 0.3 is 0 Å². The van der Waals surface area contributed by atoms with Crippen LogP contribution in [0.15, 0.2) is 17.5 Å². The van der Waals surface area contributed by atoms with Crippen molar-refractivity contribution in [3.63, 3.8) is 0 Å². The van der Waals surface area contributed by atoms with Crippen molar-refractivity contribution in [2.24, 2.45) is 11.1 Å². The van der Waals surface area contributed by atoms with E-state index in [1.54, 1.807) is 11.3 Å². The third kappa shape index (κ3) is 6.18. The van der Waals surface area contributed by atoms with E-state index in [1.165, 1.54) is 4.88 Å². The number of thiophene rings is 1. The van der Waals surface area contributed by atoms with Gasteiger partial charge in [-0.25, -0.2) is 0 Å². The molecule has 0 bridgehead atoms. The molecule has 0 radical (unpaired) electrons. The molecule has 1 heterocycles. The zero-order valence-electron chi connectivity index (χ0n) is 12.1. The Labute approximate surface area is 120 Å². The molecule has 1 amide bonds. The number of carbonyl (C=O) groups is 1. The van der Waals surface area contributed by atoms with Crippen molar-refractivity contribution in [3.8, 4) is 0 Å². The molecule has 0 fully saturated rings. The Morgan fingerprint density at radius 2 is 2.26 bits per heavy atom.